The molecule has 5 heteroatoms. The van der Waals surface area contributed by atoms with Gasteiger partial charge < -0.3 is 9.97 Å². The van der Waals surface area contributed by atoms with Gasteiger partial charge in [0.2, 0.25) is 0 Å². The van der Waals surface area contributed by atoms with E-state index in [9.17, 15) is 0 Å². The predicted octanol–water partition coefficient (Wildman–Crippen LogP) is 3.26. The van der Waals surface area contributed by atoms with E-state index >= 15 is 0 Å². The van der Waals surface area contributed by atoms with Gasteiger partial charge in [-0.05, 0) is 54.6 Å². The zero-order valence-electron chi connectivity index (χ0n) is 13.0. The summed E-state index contributed by atoms with van der Waals surface area (Å²) >= 11 is 12.0. The fourth-order valence-corrected chi connectivity index (χ4v) is 3.19. The van der Waals surface area contributed by atoms with E-state index in [2.05, 4.69) is 5.32 Å². The normalized spacial score (nSPS) is 17.9. The number of rotatable bonds is 5. The van der Waals surface area contributed by atoms with E-state index in [1.165, 1.54) is 19.3 Å². The maximum Gasteiger partial charge on any atom is 0.361 e. The molecule has 1 fully saturated rings. The molecule has 2 aromatic rings. The molecule has 1 atom stereocenters. The van der Waals surface area contributed by atoms with Crippen molar-refractivity contribution in [3.63, 3.8) is 0 Å². The number of nitrogens with one attached hydrogen (secondary N) is 1. The van der Waals surface area contributed by atoms with Crippen LogP contribution < -0.4 is 16.2 Å². The van der Waals surface area contributed by atoms with Gasteiger partial charge in [-0.1, -0.05) is 53.9 Å². The summed E-state index contributed by atoms with van der Waals surface area (Å²) in [5.41, 5.74) is 2.21. The van der Waals surface area contributed by atoms with Crippen LogP contribution in [0, 0.1) is 0 Å². The Bertz CT molecular complexity index is 566. The van der Waals surface area contributed by atoms with E-state index in [-0.39, 0.29) is 6.92 Å². The van der Waals surface area contributed by atoms with Gasteiger partial charge in [-0.2, -0.15) is 0 Å². The summed E-state index contributed by atoms with van der Waals surface area (Å²) in [6, 6.07) is 16.1. The number of benzene rings is 2. The van der Waals surface area contributed by atoms with E-state index in [0.717, 1.165) is 27.5 Å². The lowest BCUT2D eigenvalue weighted by Crippen LogP contribution is -2.48. The summed E-state index contributed by atoms with van der Waals surface area (Å²) in [6.07, 6.45) is 3.70. The highest BCUT2D eigenvalue weighted by Crippen LogP contribution is 2.10. The molecule has 23 heavy (non-hydrogen) atoms. The van der Waals surface area contributed by atoms with E-state index < -0.39 is 0 Å². The standard InChI is InChI=1S/C18H20BCl2NO/c20-16-8-4-14(5-9-16)19(15-6-10-17(21)11-7-15)23-13-18-3-1-2-12-22-18/h4-11,18,22H,1-3,12-13H2. The highest BCUT2D eigenvalue weighted by atomic mass is 35.5. The largest absolute Gasteiger partial charge is 0.425 e. The van der Waals surface area contributed by atoms with Crippen LogP contribution in [0.15, 0.2) is 48.5 Å². The molecule has 0 aliphatic carbocycles. The molecular weight excluding hydrogens is 328 g/mol. The summed E-state index contributed by atoms with van der Waals surface area (Å²) in [6.45, 7) is 1.68. The molecular formula is C18H20BCl2NO. The molecule has 3 rings (SSSR count). The number of hydrogen-bond donors (Lipinski definition) is 1. The second kappa shape index (κ2) is 8.21. The minimum absolute atomic E-state index is 0.103. The molecule has 1 aliphatic heterocycles. The third kappa shape index (κ3) is 4.74. The van der Waals surface area contributed by atoms with Crippen molar-refractivity contribution >= 4 is 41.0 Å². The second-order valence-corrected chi connectivity index (χ2v) is 6.84. The van der Waals surface area contributed by atoms with Crippen LogP contribution in [-0.4, -0.2) is 26.1 Å². The highest BCUT2D eigenvalue weighted by Gasteiger charge is 2.23. The number of piperidine rings is 1. The average Bonchev–Trinajstić information content (AvgIpc) is 2.59. The monoisotopic (exact) mass is 347 g/mol. The van der Waals surface area contributed by atoms with Crippen LogP contribution in [0.2, 0.25) is 10.0 Å². The van der Waals surface area contributed by atoms with Crippen LogP contribution in [0.5, 0.6) is 0 Å². The minimum atomic E-state index is -0.103. The van der Waals surface area contributed by atoms with Crippen molar-refractivity contribution in [3.05, 3.63) is 58.6 Å². The van der Waals surface area contributed by atoms with E-state index in [1.54, 1.807) is 0 Å². The zero-order valence-corrected chi connectivity index (χ0v) is 14.5. The van der Waals surface area contributed by atoms with Gasteiger partial charge in [0.05, 0.1) is 0 Å². The molecule has 0 radical (unpaired) electrons. The molecule has 1 unspecified atom stereocenters. The van der Waals surface area contributed by atoms with Crippen molar-refractivity contribution in [2.24, 2.45) is 0 Å². The van der Waals surface area contributed by atoms with Crippen molar-refractivity contribution in [1.29, 1.82) is 0 Å². The fourth-order valence-electron chi connectivity index (χ4n) is 2.94. The lowest BCUT2D eigenvalue weighted by Gasteiger charge is -2.25. The molecule has 0 amide bonds. The topological polar surface area (TPSA) is 21.3 Å². The third-order valence-corrected chi connectivity index (χ3v) is 4.73. The van der Waals surface area contributed by atoms with Gasteiger partial charge in [0, 0.05) is 22.7 Å². The first-order valence-electron chi connectivity index (χ1n) is 8.08. The van der Waals surface area contributed by atoms with Gasteiger partial charge in [-0.3, -0.25) is 0 Å². The second-order valence-electron chi connectivity index (χ2n) is 5.96. The molecule has 120 valence electrons. The Morgan fingerprint density at radius 2 is 1.48 bits per heavy atom. The maximum absolute atomic E-state index is 6.28. The van der Waals surface area contributed by atoms with Crippen molar-refractivity contribution in [1.82, 2.24) is 5.32 Å². The van der Waals surface area contributed by atoms with Crippen LogP contribution in [0.25, 0.3) is 0 Å². The van der Waals surface area contributed by atoms with Gasteiger partial charge in [-0.25, -0.2) is 0 Å². The summed E-state index contributed by atoms with van der Waals surface area (Å²) in [7, 11) is 0. The van der Waals surface area contributed by atoms with Gasteiger partial charge in [-0.15, -0.1) is 0 Å². The molecule has 0 aromatic heterocycles. The zero-order chi connectivity index (χ0) is 16.1. The SMILES string of the molecule is Clc1ccc(B(OCC2CCCCN2)c2ccc(Cl)cc2)cc1. The smallest absolute Gasteiger partial charge is 0.361 e. The molecule has 1 aliphatic rings. The Hall–Kier alpha value is -0.995. The quantitative estimate of drug-likeness (QED) is 0.838. The molecule has 0 saturated carbocycles. The number of hydrogen-bond acceptors (Lipinski definition) is 2. The first-order valence-corrected chi connectivity index (χ1v) is 8.84. The average molecular weight is 348 g/mol. The molecule has 1 saturated heterocycles. The van der Waals surface area contributed by atoms with E-state index in [4.69, 9.17) is 27.9 Å². The van der Waals surface area contributed by atoms with Crippen LogP contribution in [0.4, 0.5) is 0 Å². The number of halogens is 2. The third-order valence-electron chi connectivity index (χ3n) is 4.22. The summed E-state index contributed by atoms with van der Waals surface area (Å²) < 4.78 is 6.28. The van der Waals surface area contributed by atoms with E-state index in [0.29, 0.717) is 12.6 Å². The van der Waals surface area contributed by atoms with Crippen LogP contribution in [0.3, 0.4) is 0 Å². The molecule has 0 bridgehead atoms. The van der Waals surface area contributed by atoms with Gasteiger partial charge in [0.15, 0.2) is 0 Å². The first-order chi connectivity index (χ1) is 11.2. The predicted molar refractivity (Wildman–Crippen MR) is 99.5 cm³/mol. The fraction of sp³-hybridized carbons (Fsp3) is 0.333. The Morgan fingerprint density at radius 1 is 0.913 bits per heavy atom. The molecule has 1 heterocycles. The summed E-state index contributed by atoms with van der Waals surface area (Å²) in [5, 5.41) is 5.00. The lowest BCUT2D eigenvalue weighted by molar-refractivity contribution is 0.246. The van der Waals surface area contributed by atoms with Gasteiger partial charge in [0.25, 0.3) is 0 Å². The first kappa shape index (κ1) is 16.8. The molecule has 2 aromatic carbocycles. The van der Waals surface area contributed by atoms with Crippen molar-refractivity contribution in [3.8, 4) is 0 Å². The van der Waals surface area contributed by atoms with Crippen LogP contribution in [-0.2, 0) is 4.65 Å². The Balaban J connectivity index is 1.77. The van der Waals surface area contributed by atoms with Gasteiger partial charge in [0.1, 0.15) is 0 Å². The lowest BCUT2D eigenvalue weighted by atomic mass is 9.55. The molecule has 1 N–H and O–H groups in total. The van der Waals surface area contributed by atoms with Gasteiger partial charge >= 0.3 is 6.92 Å². The van der Waals surface area contributed by atoms with Crippen molar-refractivity contribution in [2.75, 3.05) is 13.2 Å². The minimum Gasteiger partial charge on any atom is -0.425 e. The van der Waals surface area contributed by atoms with Crippen molar-refractivity contribution in [2.45, 2.75) is 25.3 Å². The molecule has 0 spiro atoms. The van der Waals surface area contributed by atoms with Crippen LogP contribution in [0.1, 0.15) is 19.3 Å². The van der Waals surface area contributed by atoms with Crippen LogP contribution >= 0.6 is 23.2 Å². The van der Waals surface area contributed by atoms with Crippen molar-refractivity contribution < 1.29 is 4.65 Å². The Labute approximate surface area is 148 Å². The Morgan fingerprint density at radius 3 is 1.96 bits per heavy atom. The Kier molecular flexibility index (Phi) is 6.01. The maximum atomic E-state index is 6.28. The summed E-state index contributed by atoms with van der Waals surface area (Å²) in [4.78, 5) is 0. The molecule has 2 nitrogen and oxygen atoms in total. The summed E-state index contributed by atoms with van der Waals surface area (Å²) in [5.74, 6) is 0. The van der Waals surface area contributed by atoms with E-state index in [1.807, 2.05) is 48.5 Å². The highest BCUT2D eigenvalue weighted by molar-refractivity contribution is 6.80.